The maximum absolute atomic E-state index is 13.5. The summed E-state index contributed by atoms with van der Waals surface area (Å²) in [5, 5.41) is 2.97. The van der Waals surface area contributed by atoms with Crippen molar-refractivity contribution in [1.29, 1.82) is 0 Å². The molecule has 9 nitrogen and oxygen atoms in total. The van der Waals surface area contributed by atoms with E-state index in [4.69, 9.17) is 13.8 Å². The third kappa shape index (κ3) is 62.0. The highest BCUT2D eigenvalue weighted by Gasteiger charge is 2.27. The first-order valence-corrected chi connectivity index (χ1v) is 34.3. The number of nitrogens with one attached hydrogen (secondary N) is 1. The number of carbonyl (C=O) groups is 2. The number of quaternary nitrogens is 1. The van der Waals surface area contributed by atoms with Crippen LogP contribution in [0.3, 0.4) is 0 Å². The van der Waals surface area contributed by atoms with Gasteiger partial charge in [-0.3, -0.25) is 14.2 Å². The number of carbonyl (C=O) groups excluding carboxylic acids is 2. The Bertz CT molecular complexity index is 1980. The van der Waals surface area contributed by atoms with E-state index < -0.39 is 26.6 Å². The number of allylic oxidation sites excluding steroid dienone is 25. The molecule has 0 fully saturated rings. The van der Waals surface area contributed by atoms with Gasteiger partial charge in [-0.25, -0.2) is 0 Å². The van der Waals surface area contributed by atoms with Gasteiger partial charge < -0.3 is 28.5 Å². The summed E-state index contributed by atoms with van der Waals surface area (Å²) >= 11 is 0. The molecule has 0 aliphatic carbocycles. The van der Waals surface area contributed by atoms with Crippen molar-refractivity contribution in [2.75, 3.05) is 40.9 Å². The molecule has 0 rings (SSSR count). The molecule has 1 N–H and O–H groups in total. The quantitative estimate of drug-likeness (QED) is 0.0212. The lowest BCUT2D eigenvalue weighted by molar-refractivity contribution is -0.870. The number of hydrogen-bond acceptors (Lipinski definition) is 7. The third-order valence-corrected chi connectivity index (χ3v) is 14.4. The average molecular weight is 1170 g/mol. The van der Waals surface area contributed by atoms with Crippen molar-refractivity contribution in [3.05, 3.63) is 158 Å². The summed E-state index contributed by atoms with van der Waals surface area (Å²) in [5.41, 5.74) is 0. The number of unbranched alkanes of at least 4 members (excludes halogenated alkanes) is 17. The maximum Gasteiger partial charge on any atom is 0.306 e. The summed E-state index contributed by atoms with van der Waals surface area (Å²) in [4.78, 5) is 40.0. The molecule has 0 saturated carbocycles. The van der Waals surface area contributed by atoms with Crippen molar-refractivity contribution in [2.45, 2.75) is 251 Å². The van der Waals surface area contributed by atoms with E-state index in [2.05, 4.69) is 160 Å². The van der Waals surface area contributed by atoms with E-state index in [0.717, 1.165) is 122 Å². The predicted molar refractivity (Wildman–Crippen MR) is 357 cm³/mol. The molecule has 0 saturated heterocycles. The van der Waals surface area contributed by atoms with Crippen LogP contribution in [0.25, 0.3) is 0 Å². The first-order chi connectivity index (χ1) is 40.4. The van der Waals surface area contributed by atoms with Crippen molar-refractivity contribution >= 4 is 19.7 Å². The van der Waals surface area contributed by atoms with E-state index in [9.17, 15) is 19.0 Å². The van der Waals surface area contributed by atoms with Crippen LogP contribution in [-0.2, 0) is 27.9 Å². The molecule has 83 heavy (non-hydrogen) atoms. The van der Waals surface area contributed by atoms with Gasteiger partial charge in [0.15, 0.2) is 0 Å². The van der Waals surface area contributed by atoms with Gasteiger partial charge in [0.05, 0.1) is 33.8 Å². The zero-order valence-electron chi connectivity index (χ0n) is 53.6. The summed E-state index contributed by atoms with van der Waals surface area (Å²) in [6.45, 7) is 6.52. The van der Waals surface area contributed by atoms with Gasteiger partial charge in [-0.2, -0.15) is 0 Å². The summed E-state index contributed by atoms with van der Waals surface area (Å²) < 4.78 is 30.3. The van der Waals surface area contributed by atoms with E-state index in [-0.39, 0.29) is 31.3 Å². The molecule has 1 amide bonds. The lowest BCUT2D eigenvalue weighted by Gasteiger charge is -2.30. The summed E-state index contributed by atoms with van der Waals surface area (Å²) in [5.74, 6) is -0.661. The largest absolute Gasteiger partial charge is 0.756 e. The SMILES string of the molecule is CC/C=C\C/C=C\C/C=C\C/C=C\C/C=C\C/C=C\CCCCCCCCCCC(=O)OC(/C=C\CCCCCCCCCCC)C(COP(=O)([O-])OCC[N+](C)(C)C)NC(=O)CC/C=C\C/C=C\C/C=C\C/C=C\C/C=C\C/C=C\CC. The van der Waals surface area contributed by atoms with Crippen molar-refractivity contribution in [1.82, 2.24) is 5.32 Å². The average Bonchev–Trinajstić information content (AvgIpc) is 3.51. The molecule has 0 aromatic heterocycles. The van der Waals surface area contributed by atoms with Gasteiger partial charge in [0, 0.05) is 12.8 Å². The standard InChI is InChI=1S/C73H121N2O7P/c1-7-10-13-16-19-22-25-27-29-31-33-34-35-36-37-38-39-40-42-44-46-48-51-54-57-60-63-66-73(77)82-71(64-61-58-55-52-49-24-21-18-15-12-9-3)70(69-81-83(78,79)80-68-67-75(4,5)6)74-72(76)65-62-59-56-53-50-47-45-43-41-32-30-28-26-23-20-17-14-11-8-2/h10-11,13-14,19-20,22-23,27-30,33-34,36-37,39-41,43,47,50,56,59,61,64,70-71H,7-9,12,15-18,21,24-26,31-32,35,38,42,44-46,48-49,51-55,57-58,60,62-63,65-69H2,1-6H3,(H-,74,76,78,79)/b13-10-,14-11-,22-19-,23-20-,29-27-,30-28-,34-33-,37-36-,40-39-,43-41-,50-47-,59-56-,64-61-. The highest BCUT2D eigenvalue weighted by atomic mass is 31.2. The van der Waals surface area contributed by atoms with Crippen molar-refractivity contribution in [2.24, 2.45) is 0 Å². The number of amides is 1. The van der Waals surface area contributed by atoms with E-state index in [1.165, 1.54) is 70.6 Å². The van der Waals surface area contributed by atoms with E-state index in [1.807, 2.05) is 39.4 Å². The second-order valence-electron chi connectivity index (χ2n) is 22.5. The van der Waals surface area contributed by atoms with E-state index >= 15 is 0 Å². The smallest absolute Gasteiger partial charge is 0.306 e. The molecular weight excluding hydrogens is 1050 g/mol. The third-order valence-electron chi connectivity index (χ3n) is 13.5. The van der Waals surface area contributed by atoms with Crippen LogP contribution < -0.4 is 10.2 Å². The molecule has 0 bridgehead atoms. The predicted octanol–water partition coefficient (Wildman–Crippen LogP) is 20.1. The second kappa shape index (κ2) is 60.7. The van der Waals surface area contributed by atoms with Gasteiger partial charge in [0.25, 0.3) is 7.82 Å². The van der Waals surface area contributed by atoms with Crippen LogP contribution in [0.4, 0.5) is 0 Å². The number of esters is 1. The maximum atomic E-state index is 13.5. The fraction of sp³-hybridized carbons (Fsp3) is 0.616. The Balaban J connectivity index is 5.23. The molecule has 0 aliphatic heterocycles. The zero-order chi connectivity index (χ0) is 60.7. The fourth-order valence-electron chi connectivity index (χ4n) is 8.49. The van der Waals surface area contributed by atoms with Crippen LogP contribution >= 0.6 is 7.82 Å². The number of phosphoric ester groups is 1. The van der Waals surface area contributed by atoms with E-state index in [0.29, 0.717) is 23.9 Å². The Morgan fingerprint density at radius 1 is 0.434 bits per heavy atom. The second-order valence-corrected chi connectivity index (χ2v) is 23.9. The highest BCUT2D eigenvalue weighted by molar-refractivity contribution is 7.45. The Morgan fingerprint density at radius 3 is 1.18 bits per heavy atom. The molecule has 10 heteroatoms. The van der Waals surface area contributed by atoms with Crippen molar-refractivity contribution in [3.63, 3.8) is 0 Å². The lowest BCUT2D eigenvalue weighted by Crippen LogP contribution is -2.47. The first kappa shape index (κ1) is 78.6. The van der Waals surface area contributed by atoms with Crippen LogP contribution in [0.1, 0.15) is 239 Å². The molecule has 0 spiro atoms. The molecule has 3 atom stereocenters. The summed E-state index contributed by atoms with van der Waals surface area (Å²) in [6.07, 6.45) is 89.5. The van der Waals surface area contributed by atoms with Gasteiger partial charge in [-0.15, -0.1) is 0 Å². The molecule has 0 aliphatic rings. The molecule has 0 aromatic carbocycles. The molecule has 0 radical (unpaired) electrons. The molecular formula is C73H121N2O7P. The fourth-order valence-corrected chi connectivity index (χ4v) is 9.21. The highest BCUT2D eigenvalue weighted by Crippen LogP contribution is 2.38. The monoisotopic (exact) mass is 1170 g/mol. The van der Waals surface area contributed by atoms with Gasteiger partial charge in [0.2, 0.25) is 5.91 Å². The lowest BCUT2D eigenvalue weighted by atomic mass is 10.1. The number of rotatable bonds is 57. The normalized spacial score (nSPS) is 14.6. The van der Waals surface area contributed by atoms with Crippen molar-refractivity contribution in [3.8, 4) is 0 Å². The van der Waals surface area contributed by atoms with Gasteiger partial charge >= 0.3 is 5.97 Å². The minimum Gasteiger partial charge on any atom is -0.756 e. The molecule has 0 heterocycles. The molecule has 3 unspecified atom stereocenters. The van der Waals surface area contributed by atoms with Gasteiger partial charge in [-0.1, -0.05) is 263 Å². The van der Waals surface area contributed by atoms with E-state index in [1.54, 1.807) is 6.08 Å². The Labute approximate surface area is 510 Å². The van der Waals surface area contributed by atoms with Crippen LogP contribution in [0.5, 0.6) is 0 Å². The minimum absolute atomic E-state index is 0.0462. The van der Waals surface area contributed by atoms with Crippen LogP contribution in [0.2, 0.25) is 0 Å². The minimum atomic E-state index is -4.73. The number of likely N-dealkylation sites (N-methyl/N-ethyl adjacent to an activating group) is 1. The topological polar surface area (TPSA) is 114 Å². The first-order valence-electron chi connectivity index (χ1n) is 32.8. The van der Waals surface area contributed by atoms with Crippen molar-refractivity contribution < 1.29 is 37.3 Å². The van der Waals surface area contributed by atoms with Gasteiger partial charge in [-0.05, 0) is 122 Å². The Morgan fingerprint density at radius 2 is 0.783 bits per heavy atom. The summed E-state index contributed by atoms with van der Waals surface area (Å²) in [6, 6.07) is -0.945. The Hall–Kier alpha value is -4.37. The number of hydrogen-bond donors (Lipinski definition) is 1. The van der Waals surface area contributed by atoms with Crippen LogP contribution in [-0.4, -0.2) is 69.4 Å². The number of nitrogens with zero attached hydrogens (tertiary/aromatic N) is 1. The van der Waals surface area contributed by atoms with Crippen LogP contribution in [0, 0.1) is 0 Å². The van der Waals surface area contributed by atoms with Crippen LogP contribution in [0.15, 0.2) is 158 Å². The Kier molecular flexibility index (Phi) is 57.5. The molecule has 470 valence electrons. The molecule has 0 aromatic rings. The summed E-state index contributed by atoms with van der Waals surface area (Å²) in [7, 11) is 1.11. The number of phosphoric acid groups is 1. The zero-order valence-corrected chi connectivity index (χ0v) is 54.5. The number of ether oxygens (including phenoxy) is 1. The van der Waals surface area contributed by atoms with Gasteiger partial charge in [0.1, 0.15) is 19.3 Å².